The van der Waals surface area contributed by atoms with Crippen molar-refractivity contribution in [2.45, 2.75) is 39.8 Å². The van der Waals surface area contributed by atoms with Crippen molar-refractivity contribution in [1.29, 1.82) is 0 Å². The Morgan fingerprint density at radius 1 is 1.07 bits per heavy atom. The maximum absolute atomic E-state index is 12.7. The van der Waals surface area contributed by atoms with Crippen molar-refractivity contribution in [2.24, 2.45) is 0 Å². The summed E-state index contributed by atoms with van der Waals surface area (Å²) in [5, 5.41) is 7.64. The van der Waals surface area contributed by atoms with Gasteiger partial charge in [-0.05, 0) is 44.0 Å². The molecular formula is C22H23N3O4. The fourth-order valence-corrected chi connectivity index (χ4v) is 2.94. The number of aryl methyl sites for hydroxylation is 2. The number of benzene rings is 2. The van der Waals surface area contributed by atoms with Crippen LogP contribution in [0.5, 0.6) is 0 Å². The number of carbonyl (C=O) groups is 2. The molecule has 7 nitrogen and oxygen atoms in total. The number of carbonyl (C=O) groups excluding carboxylic acids is 2. The third-order valence-corrected chi connectivity index (χ3v) is 4.64. The number of hydrogen-bond acceptors (Lipinski definition) is 5. The van der Waals surface area contributed by atoms with Crippen molar-refractivity contribution < 1.29 is 14.3 Å². The molecule has 0 saturated heterocycles. The van der Waals surface area contributed by atoms with Gasteiger partial charge in [-0.1, -0.05) is 37.3 Å². The number of hydrogen-bond donors (Lipinski definition) is 1. The van der Waals surface area contributed by atoms with Gasteiger partial charge in [0, 0.05) is 17.6 Å². The molecule has 1 aromatic heterocycles. The van der Waals surface area contributed by atoms with Gasteiger partial charge in [-0.3, -0.25) is 9.59 Å². The van der Waals surface area contributed by atoms with Gasteiger partial charge in [0.25, 0.3) is 11.5 Å². The number of esters is 1. The van der Waals surface area contributed by atoms with Crippen LogP contribution in [0.4, 0.5) is 5.69 Å². The molecule has 1 N–H and O–H groups in total. The van der Waals surface area contributed by atoms with Crippen LogP contribution in [0.15, 0.2) is 53.3 Å². The molecule has 1 atom stereocenters. The van der Waals surface area contributed by atoms with Crippen LogP contribution in [0.2, 0.25) is 0 Å². The summed E-state index contributed by atoms with van der Waals surface area (Å²) in [7, 11) is 0. The van der Waals surface area contributed by atoms with E-state index in [4.69, 9.17) is 4.74 Å². The fourth-order valence-electron chi connectivity index (χ4n) is 2.94. The van der Waals surface area contributed by atoms with Crippen molar-refractivity contribution >= 4 is 28.3 Å². The van der Waals surface area contributed by atoms with E-state index >= 15 is 0 Å². The molecule has 0 aliphatic carbocycles. The van der Waals surface area contributed by atoms with E-state index in [1.165, 1.54) is 11.6 Å². The average molecular weight is 393 g/mol. The van der Waals surface area contributed by atoms with Crippen LogP contribution in [-0.4, -0.2) is 27.8 Å². The lowest BCUT2D eigenvalue weighted by Gasteiger charge is -2.15. The lowest BCUT2D eigenvalue weighted by molar-refractivity contribution is -0.123. The van der Waals surface area contributed by atoms with E-state index in [9.17, 15) is 14.4 Å². The molecular weight excluding hydrogens is 370 g/mol. The molecule has 0 spiro atoms. The van der Waals surface area contributed by atoms with E-state index in [0.717, 1.165) is 12.0 Å². The normalized spacial score (nSPS) is 11.8. The first-order chi connectivity index (χ1) is 13.9. The molecule has 0 aliphatic rings. The smallest absolute Gasteiger partial charge is 0.360 e. The zero-order valence-corrected chi connectivity index (χ0v) is 16.6. The third-order valence-electron chi connectivity index (χ3n) is 4.64. The highest BCUT2D eigenvalue weighted by Gasteiger charge is 2.23. The SMILES string of the molecule is CCc1ccc(NC(=O)[C@H](C)OC(=O)c2nn(CC)c(=O)c3ccccc23)cc1. The third kappa shape index (κ3) is 4.34. The van der Waals surface area contributed by atoms with Gasteiger partial charge >= 0.3 is 5.97 Å². The predicted molar refractivity (Wildman–Crippen MR) is 111 cm³/mol. The summed E-state index contributed by atoms with van der Waals surface area (Å²) in [6, 6.07) is 14.2. The summed E-state index contributed by atoms with van der Waals surface area (Å²) in [6.07, 6.45) is -0.126. The second kappa shape index (κ2) is 8.68. The van der Waals surface area contributed by atoms with E-state index in [2.05, 4.69) is 17.3 Å². The first kappa shape index (κ1) is 20.3. The Hall–Kier alpha value is -3.48. The molecule has 3 rings (SSSR count). The largest absolute Gasteiger partial charge is 0.448 e. The Balaban J connectivity index is 1.79. The standard InChI is InChI=1S/C22H23N3O4/c1-4-15-10-12-16(13-11-15)23-20(26)14(3)29-22(28)19-17-8-6-7-9-18(17)21(27)25(5-2)24-19/h6-14H,4-5H2,1-3H3,(H,23,26)/t14-/m0/s1. The van der Waals surface area contributed by atoms with E-state index in [0.29, 0.717) is 23.0 Å². The molecule has 1 heterocycles. The van der Waals surface area contributed by atoms with Crippen LogP contribution >= 0.6 is 0 Å². The highest BCUT2D eigenvalue weighted by Crippen LogP contribution is 2.16. The van der Waals surface area contributed by atoms with Gasteiger partial charge in [0.1, 0.15) is 0 Å². The monoisotopic (exact) mass is 393 g/mol. The topological polar surface area (TPSA) is 90.3 Å². The van der Waals surface area contributed by atoms with Gasteiger partial charge in [0.2, 0.25) is 0 Å². The van der Waals surface area contributed by atoms with Crippen LogP contribution in [-0.2, 0) is 22.5 Å². The Morgan fingerprint density at radius 2 is 1.72 bits per heavy atom. The van der Waals surface area contributed by atoms with Gasteiger partial charge in [-0.25, -0.2) is 9.48 Å². The van der Waals surface area contributed by atoms with Crippen molar-refractivity contribution in [3.05, 3.63) is 70.1 Å². The molecule has 0 saturated carbocycles. The highest BCUT2D eigenvalue weighted by atomic mass is 16.5. The zero-order chi connectivity index (χ0) is 21.0. The summed E-state index contributed by atoms with van der Waals surface area (Å²) in [4.78, 5) is 37.5. The summed E-state index contributed by atoms with van der Waals surface area (Å²) in [6.45, 7) is 5.62. The van der Waals surface area contributed by atoms with E-state index in [1.807, 2.05) is 12.1 Å². The van der Waals surface area contributed by atoms with Crippen LogP contribution in [0, 0.1) is 0 Å². The molecule has 3 aromatic rings. The van der Waals surface area contributed by atoms with Gasteiger partial charge < -0.3 is 10.1 Å². The van der Waals surface area contributed by atoms with Crippen molar-refractivity contribution in [1.82, 2.24) is 9.78 Å². The highest BCUT2D eigenvalue weighted by molar-refractivity contribution is 6.03. The molecule has 2 aromatic carbocycles. The molecule has 0 unspecified atom stereocenters. The molecule has 150 valence electrons. The van der Waals surface area contributed by atoms with Crippen molar-refractivity contribution in [2.75, 3.05) is 5.32 Å². The minimum absolute atomic E-state index is 0.00833. The number of nitrogens with zero attached hydrogens (tertiary/aromatic N) is 2. The van der Waals surface area contributed by atoms with Crippen LogP contribution in [0.25, 0.3) is 10.8 Å². The fraction of sp³-hybridized carbons (Fsp3) is 0.273. The van der Waals surface area contributed by atoms with Crippen molar-refractivity contribution in [3.63, 3.8) is 0 Å². The molecule has 0 bridgehead atoms. The molecule has 7 heteroatoms. The van der Waals surface area contributed by atoms with Gasteiger partial charge in [-0.2, -0.15) is 5.10 Å². The summed E-state index contributed by atoms with van der Waals surface area (Å²) < 4.78 is 6.54. The predicted octanol–water partition coefficient (Wildman–Crippen LogP) is 3.16. The van der Waals surface area contributed by atoms with Crippen LogP contribution < -0.4 is 10.9 Å². The molecule has 0 fully saturated rings. The minimum atomic E-state index is -1.03. The Kier molecular flexibility index (Phi) is 6.07. The van der Waals surface area contributed by atoms with Crippen molar-refractivity contribution in [3.8, 4) is 0 Å². The zero-order valence-electron chi connectivity index (χ0n) is 16.6. The minimum Gasteiger partial charge on any atom is -0.448 e. The number of nitrogens with one attached hydrogen (secondary N) is 1. The maximum atomic E-state index is 12.7. The maximum Gasteiger partial charge on any atom is 0.360 e. The first-order valence-electron chi connectivity index (χ1n) is 9.55. The number of fused-ring (bicyclic) bond motifs is 1. The quantitative estimate of drug-likeness (QED) is 0.650. The van der Waals surface area contributed by atoms with Crippen LogP contribution in [0.1, 0.15) is 36.8 Å². The number of rotatable bonds is 6. The summed E-state index contributed by atoms with van der Waals surface area (Å²) >= 11 is 0. The lowest BCUT2D eigenvalue weighted by Crippen LogP contribution is -2.32. The van der Waals surface area contributed by atoms with E-state index in [-0.39, 0.29) is 11.3 Å². The van der Waals surface area contributed by atoms with E-state index in [1.54, 1.807) is 43.3 Å². The summed E-state index contributed by atoms with van der Waals surface area (Å²) in [5.74, 6) is -1.21. The van der Waals surface area contributed by atoms with E-state index < -0.39 is 18.0 Å². The lowest BCUT2D eigenvalue weighted by atomic mass is 10.1. The Morgan fingerprint density at radius 3 is 2.34 bits per heavy atom. The molecule has 29 heavy (non-hydrogen) atoms. The number of aromatic nitrogens is 2. The molecule has 0 aliphatic heterocycles. The van der Waals surface area contributed by atoms with Gasteiger partial charge in [0.15, 0.2) is 11.8 Å². The second-order valence-electron chi connectivity index (χ2n) is 6.60. The Labute approximate surface area is 168 Å². The molecule has 0 radical (unpaired) electrons. The van der Waals surface area contributed by atoms with Crippen LogP contribution in [0.3, 0.4) is 0 Å². The van der Waals surface area contributed by atoms with Gasteiger partial charge in [-0.15, -0.1) is 0 Å². The second-order valence-corrected chi connectivity index (χ2v) is 6.60. The number of ether oxygens (including phenoxy) is 1. The average Bonchev–Trinajstić information content (AvgIpc) is 2.74. The molecule has 1 amide bonds. The van der Waals surface area contributed by atoms with Gasteiger partial charge in [0.05, 0.1) is 5.39 Å². The number of anilines is 1. The summed E-state index contributed by atoms with van der Waals surface area (Å²) in [5.41, 5.74) is 1.51. The first-order valence-corrected chi connectivity index (χ1v) is 9.55. The number of amides is 1. The Bertz CT molecular complexity index is 1100.